The maximum absolute atomic E-state index is 10.4. The maximum atomic E-state index is 10.4. The molecule has 4 bridgehead atoms. The van der Waals surface area contributed by atoms with E-state index in [1.165, 1.54) is 12.8 Å². The minimum atomic E-state index is -0.234. The lowest BCUT2D eigenvalue weighted by Gasteiger charge is -2.59. The molecule has 0 heterocycles. The molecular formula is C13H22O. The van der Waals surface area contributed by atoms with Crippen LogP contribution in [0.25, 0.3) is 0 Å². The Hall–Kier alpha value is -0.0400. The second-order valence-corrected chi connectivity index (χ2v) is 6.52. The molecule has 4 aliphatic carbocycles. The van der Waals surface area contributed by atoms with Crippen LogP contribution in [-0.2, 0) is 0 Å². The molecule has 0 aromatic rings. The molecule has 4 aliphatic rings. The van der Waals surface area contributed by atoms with Gasteiger partial charge in [0.15, 0.2) is 0 Å². The van der Waals surface area contributed by atoms with Gasteiger partial charge in [-0.1, -0.05) is 13.8 Å². The van der Waals surface area contributed by atoms with Crippen LogP contribution >= 0.6 is 0 Å². The van der Waals surface area contributed by atoms with Crippen molar-refractivity contribution in [1.29, 1.82) is 0 Å². The van der Waals surface area contributed by atoms with E-state index >= 15 is 0 Å². The predicted octanol–water partition coefficient (Wildman–Crippen LogP) is 2.83. The lowest BCUT2D eigenvalue weighted by atomic mass is 9.48. The average Bonchev–Trinajstić information content (AvgIpc) is 1.97. The molecule has 4 rings (SSSR count). The van der Waals surface area contributed by atoms with Gasteiger partial charge in [0.25, 0.3) is 0 Å². The molecule has 0 spiro atoms. The molecule has 0 aromatic carbocycles. The van der Waals surface area contributed by atoms with Crippen LogP contribution in [0.3, 0.4) is 0 Å². The Morgan fingerprint density at radius 1 is 1.07 bits per heavy atom. The Bertz CT molecular complexity index is 230. The molecule has 5 atom stereocenters. The van der Waals surface area contributed by atoms with Gasteiger partial charge in [0.1, 0.15) is 0 Å². The highest BCUT2D eigenvalue weighted by molar-refractivity contribution is 5.05. The summed E-state index contributed by atoms with van der Waals surface area (Å²) < 4.78 is 0. The fraction of sp³-hybridized carbons (Fsp3) is 1.00. The summed E-state index contributed by atoms with van der Waals surface area (Å²) in [6.45, 7) is 4.74. The van der Waals surface area contributed by atoms with Crippen LogP contribution < -0.4 is 0 Å². The summed E-state index contributed by atoms with van der Waals surface area (Å²) in [4.78, 5) is 0. The zero-order valence-electron chi connectivity index (χ0n) is 9.37. The third-order valence-corrected chi connectivity index (χ3v) is 5.08. The lowest BCUT2D eigenvalue weighted by molar-refractivity contribution is -0.160. The third kappa shape index (κ3) is 1.18. The van der Waals surface area contributed by atoms with Crippen molar-refractivity contribution in [2.75, 3.05) is 0 Å². The van der Waals surface area contributed by atoms with Crippen LogP contribution in [-0.4, -0.2) is 10.7 Å². The van der Waals surface area contributed by atoms with Gasteiger partial charge < -0.3 is 5.11 Å². The van der Waals surface area contributed by atoms with E-state index in [9.17, 15) is 5.11 Å². The van der Waals surface area contributed by atoms with Crippen LogP contribution in [0.15, 0.2) is 0 Å². The van der Waals surface area contributed by atoms with Crippen molar-refractivity contribution in [3.8, 4) is 0 Å². The molecule has 0 aromatic heterocycles. The molecule has 80 valence electrons. The number of rotatable bonds is 1. The van der Waals surface area contributed by atoms with Gasteiger partial charge in [0.05, 0.1) is 5.60 Å². The summed E-state index contributed by atoms with van der Waals surface area (Å²) in [5.41, 5.74) is -0.234. The first-order valence-corrected chi connectivity index (χ1v) is 6.30. The van der Waals surface area contributed by atoms with E-state index in [1.807, 2.05) is 0 Å². The first kappa shape index (κ1) is 9.21. The summed E-state index contributed by atoms with van der Waals surface area (Å²) in [5, 5.41) is 10.4. The molecule has 14 heavy (non-hydrogen) atoms. The van der Waals surface area contributed by atoms with Crippen molar-refractivity contribution in [3.05, 3.63) is 0 Å². The topological polar surface area (TPSA) is 20.2 Å². The quantitative estimate of drug-likeness (QED) is 0.680. The van der Waals surface area contributed by atoms with Gasteiger partial charge >= 0.3 is 0 Å². The zero-order valence-corrected chi connectivity index (χ0v) is 9.37. The molecule has 3 unspecified atom stereocenters. The van der Waals surface area contributed by atoms with Gasteiger partial charge in [-0.2, -0.15) is 0 Å². The molecule has 1 N–H and O–H groups in total. The number of aliphatic hydroxyl groups is 1. The maximum Gasteiger partial charge on any atom is 0.0656 e. The first-order valence-electron chi connectivity index (χ1n) is 6.30. The van der Waals surface area contributed by atoms with Crippen molar-refractivity contribution < 1.29 is 5.11 Å². The van der Waals surface area contributed by atoms with E-state index in [-0.39, 0.29) is 5.60 Å². The van der Waals surface area contributed by atoms with Gasteiger partial charge in [-0.15, -0.1) is 0 Å². The Kier molecular flexibility index (Phi) is 1.81. The van der Waals surface area contributed by atoms with E-state index in [1.54, 1.807) is 0 Å². The summed E-state index contributed by atoms with van der Waals surface area (Å²) in [6, 6.07) is 0. The molecule has 4 saturated carbocycles. The van der Waals surface area contributed by atoms with Crippen LogP contribution in [0, 0.1) is 29.6 Å². The highest BCUT2D eigenvalue weighted by atomic mass is 16.3. The molecule has 0 aliphatic heterocycles. The van der Waals surface area contributed by atoms with Crippen molar-refractivity contribution in [2.24, 2.45) is 29.6 Å². The fourth-order valence-corrected chi connectivity index (χ4v) is 5.11. The second kappa shape index (κ2) is 2.75. The monoisotopic (exact) mass is 194 g/mol. The van der Waals surface area contributed by atoms with E-state index in [2.05, 4.69) is 13.8 Å². The van der Waals surface area contributed by atoms with E-state index < -0.39 is 0 Å². The Morgan fingerprint density at radius 3 is 2.07 bits per heavy atom. The smallest absolute Gasteiger partial charge is 0.0656 e. The van der Waals surface area contributed by atoms with Crippen molar-refractivity contribution in [1.82, 2.24) is 0 Å². The Morgan fingerprint density at radius 2 is 1.64 bits per heavy atom. The lowest BCUT2D eigenvalue weighted by Crippen LogP contribution is -2.55. The highest BCUT2D eigenvalue weighted by Gasteiger charge is 2.54. The predicted molar refractivity (Wildman–Crippen MR) is 56.8 cm³/mol. The second-order valence-electron chi connectivity index (χ2n) is 6.52. The summed E-state index contributed by atoms with van der Waals surface area (Å²) in [7, 11) is 0. The summed E-state index contributed by atoms with van der Waals surface area (Å²) in [5.74, 6) is 4.32. The highest BCUT2D eigenvalue weighted by Crippen LogP contribution is 2.59. The van der Waals surface area contributed by atoms with Crippen molar-refractivity contribution in [2.45, 2.75) is 51.6 Å². The molecule has 0 amide bonds. The Balaban J connectivity index is 1.89. The van der Waals surface area contributed by atoms with Crippen LogP contribution in [0.4, 0.5) is 0 Å². The molecular weight excluding hydrogens is 172 g/mol. The van der Waals surface area contributed by atoms with Gasteiger partial charge in [-0.05, 0) is 61.7 Å². The minimum Gasteiger partial charge on any atom is -0.390 e. The summed E-state index contributed by atoms with van der Waals surface area (Å²) >= 11 is 0. The van der Waals surface area contributed by atoms with Gasteiger partial charge in [0, 0.05) is 0 Å². The largest absolute Gasteiger partial charge is 0.390 e. The van der Waals surface area contributed by atoms with Crippen LogP contribution in [0.1, 0.15) is 46.0 Å². The van der Waals surface area contributed by atoms with Gasteiger partial charge in [-0.3, -0.25) is 0 Å². The molecule has 0 saturated heterocycles. The third-order valence-electron chi connectivity index (χ3n) is 5.08. The van der Waals surface area contributed by atoms with Gasteiger partial charge in [0.2, 0.25) is 0 Å². The van der Waals surface area contributed by atoms with E-state index in [0.717, 1.165) is 48.9 Å². The van der Waals surface area contributed by atoms with E-state index in [0.29, 0.717) is 0 Å². The molecule has 0 radical (unpaired) electrons. The number of hydrogen-bond acceptors (Lipinski definition) is 1. The van der Waals surface area contributed by atoms with Gasteiger partial charge in [-0.25, -0.2) is 0 Å². The Labute approximate surface area is 86.9 Å². The van der Waals surface area contributed by atoms with Crippen LogP contribution in [0.5, 0.6) is 0 Å². The first-order chi connectivity index (χ1) is 6.57. The molecule has 1 heteroatoms. The van der Waals surface area contributed by atoms with Crippen LogP contribution in [0.2, 0.25) is 0 Å². The van der Waals surface area contributed by atoms with Crippen molar-refractivity contribution >= 4 is 0 Å². The van der Waals surface area contributed by atoms with Crippen molar-refractivity contribution in [3.63, 3.8) is 0 Å². The minimum absolute atomic E-state index is 0.234. The molecule has 1 nitrogen and oxygen atoms in total. The summed E-state index contributed by atoms with van der Waals surface area (Å²) in [6.07, 6.45) is 6.18. The molecule has 4 fully saturated rings. The average molecular weight is 194 g/mol. The standard InChI is InChI=1S/C13H22O/c1-8(2)12-10-3-9-4-11(12)7-13(14,5-9)6-10/h8-12,14H,3-7H2,1-2H3/t9?,10-,11+,12?,13?. The SMILES string of the molecule is CC(C)C1[C@@H]2CC3C[C@H]1CC(O)(C3)C2. The number of hydrogen-bond donors (Lipinski definition) is 1. The zero-order chi connectivity index (χ0) is 9.92. The normalized spacial score (nSPS) is 55.7. The fourth-order valence-electron chi connectivity index (χ4n) is 5.11. The van der Waals surface area contributed by atoms with E-state index in [4.69, 9.17) is 0 Å².